The molecule has 0 aliphatic rings. The number of halogens is 1. The van der Waals surface area contributed by atoms with Crippen LogP contribution in [0.4, 0.5) is 0 Å². The molecule has 0 amide bonds. The van der Waals surface area contributed by atoms with Crippen molar-refractivity contribution in [2.75, 3.05) is 0 Å². The maximum Gasteiger partial charge on any atom is 0.157 e. The van der Waals surface area contributed by atoms with Crippen LogP contribution in [0.15, 0.2) is 35.6 Å². The second-order valence-corrected chi connectivity index (χ2v) is 2.58. The molecule has 0 unspecified atom stereocenters. The van der Waals surface area contributed by atoms with Crippen molar-refractivity contribution in [3.05, 3.63) is 35.6 Å². The molecule has 0 aromatic carbocycles. The number of nitrogens with zero attached hydrogens (tertiary/aromatic N) is 4. The van der Waals surface area contributed by atoms with E-state index in [2.05, 4.69) is 30.9 Å². The van der Waals surface area contributed by atoms with Gasteiger partial charge in [0.2, 0.25) is 0 Å². The molecule has 2 heterocycles. The number of hydrogen-bond acceptors (Lipinski definition) is 3. The number of aromatic nitrogens is 4. The maximum absolute atomic E-state index is 7.56. The van der Waals surface area contributed by atoms with Crippen LogP contribution in [0.3, 0.4) is 0 Å². The van der Waals surface area contributed by atoms with Crippen molar-refractivity contribution in [1.82, 2.24) is 19.5 Å². The van der Waals surface area contributed by atoms with Crippen molar-refractivity contribution < 1.29 is 6.85 Å². The molecule has 4 nitrogen and oxygen atoms in total. The van der Waals surface area contributed by atoms with E-state index in [1.54, 1.807) is 0 Å². The van der Waals surface area contributed by atoms with Crippen molar-refractivity contribution in [2.45, 2.75) is 0 Å². The van der Waals surface area contributed by atoms with Crippen molar-refractivity contribution >= 4 is 15.9 Å². The molecule has 0 saturated carbocycles. The van der Waals surface area contributed by atoms with Gasteiger partial charge in [-0.25, -0.2) is 9.97 Å². The second kappa shape index (κ2) is 3.02. The highest BCUT2D eigenvalue weighted by Gasteiger charge is 1.96. The molecule has 0 bridgehead atoms. The van der Waals surface area contributed by atoms with Gasteiger partial charge in [0.1, 0.15) is 12.3 Å². The molecule has 12 heavy (non-hydrogen) atoms. The zero-order chi connectivity index (χ0) is 12.7. The fraction of sp³-hybridized carbons (Fsp3) is 0. The molecule has 2 rings (SSSR count). The van der Waals surface area contributed by atoms with Gasteiger partial charge in [-0.05, 0) is 15.9 Å². The Morgan fingerprint density at radius 1 is 1.42 bits per heavy atom. The molecule has 0 radical (unpaired) electrons. The largest absolute Gasteiger partial charge is 0.289 e. The highest BCUT2D eigenvalue weighted by molar-refractivity contribution is 9.10. The van der Waals surface area contributed by atoms with Gasteiger partial charge in [0, 0.05) is 12.3 Å². The number of imidazole rings is 1. The number of hydrogen-bond donors (Lipinski definition) is 0. The molecule has 0 aliphatic heterocycles. The van der Waals surface area contributed by atoms with Gasteiger partial charge in [0.15, 0.2) is 5.82 Å². The van der Waals surface area contributed by atoms with Crippen LogP contribution in [0, 0.1) is 0 Å². The van der Waals surface area contributed by atoms with Crippen LogP contribution < -0.4 is 0 Å². The smallest absolute Gasteiger partial charge is 0.157 e. The van der Waals surface area contributed by atoms with Crippen LogP contribution in [0.5, 0.6) is 0 Å². The Kier molecular flexibility index (Phi) is 0.920. The summed E-state index contributed by atoms with van der Waals surface area (Å²) in [5.41, 5.74) is 0. The Morgan fingerprint density at radius 3 is 3.08 bits per heavy atom. The lowest BCUT2D eigenvalue weighted by Crippen LogP contribution is -1.94. The first kappa shape index (κ1) is 3.66. The van der Waals surface area contributed by atoms with E-state index in [9.17, 15) is 0 Å². The topological polar surface area (TPSA) is 43.6 Å². The third kappa shape index (κ3) is 1.35. The fourth-order valence-electron chi connectivity index (χ4n) is 0.642. The highest BCUT2D eigenvalue weighted by Crippen LogP contribution is 2.06. The first-order valence-corrected chi connectivity index (χ1v) is 3.74. The normalized spacial score (nSPS) is 15.9. The van der Waals surface area contributed by atoms with E-state index in [1.165, 1.54) is 0 Å². The van der Waals surface area contributed by atoms with Crippen molar-refractivity contribution in [3.8, 4) is 5.82 Å². The van der Waals surface area contributed by atoms with Crippen LogP contribution in [0.2, 0.25) is 0 Å². The van der Waals surface area contributed by atoms with E-state index >= 15 is 0 Å². The summed E-state index contributed by atoms with van der Waals surface area (Å²) in [6.45, 7) is 0. The van der Waals surface area contributed by atoms with Gasteiger partial charge in [-0.15, -0.1) is 0 Å². The Hall–Kier alpha value is -1.23. The molecule has 2 aromatic heterocycles. The van der Waals surface area contributed by atoms with Gasteiger partial charge >= 0.3 is 0 Å². The minimum atomic E-state index is -0.373. The second-order valence-electron chi connectivity index (χ2n) is 1.83. The molecule has 0 saturated heterocycles. The van der Waals surface area contributed by atoms with Crippen LogP contribution in [0.1, 0.15) is 6.85 Å². The zero-order valence-electron chi connectivity index (χ0n) is 10.7. The fourth-order valence-corrected chi connectivity index (χ4v) is 0.899. The summed E-state index contributed by atoms with van der Waals surface area (Å²) >= 11 is 2.99. The Balaban J connectivity index is 2.72. The summed E-state index contributed by atoms with van der Waals surface area (Å²) in [5, 5.41) is 0. The summed E-state index contributed by atoms with van der Waals surface area (Å²) in [4.78, 5) is 10.9. The van der Waals surface area contributed by atoms with E-state index in [-0.39, 0.29) is 41.4 Å². The van der Waals surface area contributed by atoms with E-state index < -0.39 is 0 Å². The zero-order valence-corrected chi connectivity index (χ0v) is 7.25. The molecule has 5 heteroatoms. The Morgan fingerprint density at radius 2 is 2.33 bits per heavy atom. The molecule has 60 valence electrons. The SMILES string of the molecule is [2H]c1nc([2H])c(-n2c([2H])nc([2H])c2[2H])nc1Br. The quantitative estimate of drug-likeness (QED) is 0.744. The average Bonchev–Trinajstić information content (AvgIpc) is 2.48. The van der Waals surface area contributed by atoms with E-state index in [0.717, 1.165) is 4.57 Å². The number of rotatable bonds is 1. The van der Waals surface area contributed by atoms with Gasteiger partial charge in [-0.3, -0.25) is 9.55 Å². The van der Waals surface area contributed by atoms with Gasteiger partial charge in [0.05, 0.1) is 17.8 Å². The third-order valence-corrected chi connectivity index (χ3v) is 1.44. The predicted octanol–water partition coefficient (Wildman–Crippen LogP) is 1.42. The summed E-state index contributed by atoms with van der Waals surface area (Å²) in [6, 6.07) is 0. The lowest BCUT2D eigenvalue weighted by molar-refractivity contribution is 0.960. The molecule has 2 aromatic rings. The van der Waals surface area contributed by atoms with E-state index in [4.69, 9.17) is 6.85 Å². The molecular formula is C7H5BrN4. The van der Waals surface area contributed by atoms with Gasteiger partial charge in [0.25, 0.3) is 0 Å². The lowest BCUT2D eigenvalue weighted by Gasteiger charge is -1.98. The summed E-state index contributed by atoms with van der Waals surface area (Å²) in [6.07, 6.45) is -1.64. The molecule has 0 fully saturated rings. The minimum absolute atomic E-state index is 0.0996. The van der Waals surface area contributed by atoms with Crippen LogP contribution >= 0.6 is 15.9 Å². The molecule has 0 spiro atoms. The summed E-state index contributed by atoms with van der Waals surface area (Å²) < 4.78 is 38.3. The first-order valence-electron chi connectivity index (χ1n) is 5.45. The van der Waals surface area contributed by atoms with Crippen molar-refractivity contribution in [3.63, 3.8) is 0 Å². The van der Waals surface area contributed by atoms with Gasteiger partial charge in [-0.1, -0.05) is 0 Å². The molecule has 0 N–H and O–H groups in total. The molecule has 0 aliphatic carbocycles. The standard InChI is InChI=1S/C7H5BrN4/c8-6-3-10-4-7(11-6)12-2-1-9-5-12/h1-5H/i1D,2D,3D,4D,5D. The first-order chi connectivity index (χ1) is 7.91. The van der Waals surface area contributed by atoms with Crippen LogP contribution in [0.25, 0.3) is 5.82 Å². The minimum Gasteiger partial charge on any atom is -0.289 e. The third-order valence-electron chi connectivity index (χ3n) is 1.09. The summed E-state index contributed by atoms with van der Waals surface area (Å²) in [5.74, 6) is -0.103. The maximum atomic E-state index is 7.56. The average molecular weight is 230 g/mol. The van der Waals surface area contributed by atoms with Gasteiger partial charge < -0.3 is 0 Å². The van der Waals surface area contributed by atoms with Crippen molar-refractivity contribution in [2.24, 2.45) is 0 Å². The monoisotopic (exact) mass is 229 g/mol. The van der Waals surface area contributed by atoms with E-state index in [0.29, 0.717) is 0 Å². The summed E-state index contributed by atoms with van der Waals surface area (Å²) in [7, 11) is 0. The highest BCUT2D eigenvalue weighted by atomic mass is 79.9. The Labute approximate surface area is 84.5 Å². The predicted molar refractivity (Wildman–Crippen MR) is 46.9 cm³/mol. The lowest BCUT2D eigenvalue weighted by atomic mass is 10.6. The van der Waals surface area contributed by atoms with Gasteiger partial charge in [-0.2, -0.15) is 0 Å². The van der Waals surface area contributed by atoms with Crippen LogP contribution in [-0.4, -0.2) is 19.5 Å². The molecular weight excluding hydrogens is 220 g/mol. The van der Waals surface area contributed by atoms with E-state index in [1.807, 2.05) is 0 Å². The molecule has 0 atom stereocenters. The van der Waals surface area contributed by atoms with Crippen molar-refractivity contribution in [1.29, 1.82) is 0 Å². The van der Waals surface area contributed by atoms with Crippen LogP contribution in [-0.2, 0) is 0 Å². The Bertz CT molecular complexity index is 598.